The van der Waals surface area contributed by atoms with E-state index in [1.807, 2.05) is 0 Å². The topological polar surface area (TPSA) is 66.6 Å². The molecule has 0 aliphatic carbocycles. The van der Waals surface area contributed by atoms with E-state index < -0.39 is 0 Å². The van der Waals surface area contributed by atoms with Crippen molar-refractivity contribution in [2.24, 2.45) is 0 Å². The number of aliphatic hydroxyl groups excluding tert-OH is 1. The first-order valence-corrected chi connectivity index (χ1v) is 7.29. The molecule has 1 aromatic carbocycles. The highest BCUT2D eigenvalue weighted by atomic mass is 35.5. The maximum Gasteiger partial charge on any atom is 0.273 e. The molecule has 5 nitrogen and oxygen atoms in total. The fraction of sp³-hybridized carbons (Fsp3) is 0.571. The van der Waals surface area contributed by atoms with E-state index in [2.05, 4.69) is 4.90 Å². The lowest BCUT2D eigenvalue weighted by Crippen LogP contribution is -2.44. The summed E-state index contributed by atoms with van der Waals surface area (Å²) in [6, 6.07) is 5.38. The number of nitro benzene ring substituents is 1. The molecule has 2 unspecified atom stereocenters. The molecule has 2 aliphatic heterocycles. The Bertz CT molecular complexity index is 523. The lowest BCUT2D eigenvalue weighted by atomic mass is 9.99. The Morgan fingerprint density at radius 3 is 2.60 bits per heavy atom. The monoisotopic (exact) mass is 296 g/mol. The highest BCUT2D eigenvalue weighted by molar-refractivity contribution is 6.30. The average molecular weight is 297 g/mol. The van der Waals surface area contributed by atoms with Gasteiger partial charge in [0.1, 0.15) is 0 Å². The van der Waals surface area contributed by atoms with Crippen molar-refractivity contribution in [2.45, 2.75) is 50.4 Å². The number of aliphatic hydroxyl groups is 1. The van der Waals surface area contributed by atoms with Gasteiger partial charge in [-0.2, -0.15) is 0 Å². The lowest BCUT2D eigenvalue weighted by Gasteiger charge is -2.37. The molecule has 108 valence electrons. The molecule has 2 heterocycles. The van der Waals surface area contributed by atoms with Gasteiger partial charge in [0, 0.05) is 35.3 Å². The van der Waals surface area contributed by atoms with Crippen LogP contribution in [-0.2, 0) is 6.54 Å². The summed E-state index contributed by atoms with van der Waals surface area (Å²) in [5.74, 6) is 0. The summed E-state index contributed by atoms with van der Waals surface area (Å²) in [4.78, 5) is 13.1. The van der Waals surface area contributed by atoms with Crippen LogP contribution >= 0.6 is 11.6 Å². The zero-order chi connectivity index (χ0) is 14.3. The van der Waals surface area contributed by atoms with E-state index >= 15 is 0 Å². The molecule has 2 atom stereocenters. The summed E-state index contributed by atoms with van der Waals surface area (Å²) < 4.78 is 0. The molecule has 2 fully saturated rings. The number of hydrogen-bond acceptors (Lipinski definition) is 4. The summed E-state index contributed by atoms with van der Waals surface area (Å²) in [6.45, 7) is 0.541. The van der Waals surface area contributed by atoms with E-state index in [0.717, 1.165) is 25.7 Å². The largest absolute Gasteiger partial charge is 0.393 e. The third-order valence-corrected chi connectivity index (χ3v) is 4.69. The molecule has 0 radical (unpaired) electrons. The molecule has 0 amide bonds. The van der Waals surface area contributed by atoms with Crippen molar-refractivity contribution in [1.29, 1.82) is 0 Å². The molecule has 2 saturated heterocycles. The van der Waals surface area contributed by atoms with Gasteiger partial charge in [-0.25, -0.2) is 0 Å². The van der Waals surface area contributed by atoms with E-state index in [1.165, 1.54) is 6.07 Å². The highest BCUT2D eigenvalue weighted by Gasteiger charge is 2.40. The molecular formula is C14H17ClN2O3. The zero-order valence-electron chi connectivity index (χ0n) is 11.0. The molecule has 20 heavy (non-hydrogen) atoms. The first-order chi connectivity index (χ1) is 9.54. The maximum absolute atomic E-state index is 11.1. The first-order valence-electron chi connectivity index (χ1n) is 6.91. The first kappa shape index (κ1) is 13.8. The fourth-order valence-electron chi connectivity index (χ4n) is 3.56. The smallest absolute Gasteiger partial charge is 0.273 e. The van der Waals surface area contributed by atoms with Gasteiger partial charge in [-0.1, -0.05) is 11.6 Å². The van der Waals surface area contributed by atoms with E-state index in [0.29, 0.717) is 29.2 Å². The number of halogens is 1. The van der Waals surface area contributed by atoms with E-state index in [1.54, 1.807) is 12.1 Å². The van der Waals surface area contributed by atoms with E-state index in [4.69, 9.17) is 11.6 Å². The van der Waals surface area contributed by atoms with Gasteiger partial charge in [0.05, 0.1) is 11.0 Å². The summed E-state index contributed by atoms with van der Waals surface area (Å²) in [5.41, 5.74) is 0.788. The second-order valence-electron chi connectivity index (χ2n) is 5.71. The number of hydrogen-bond donors (Lipinski definition) is 1. The number of nitrogens with zero attached hydrogens (tertiary/aromatic N) is 2. The average Bonchev–Trinajstić information content (AvgIpc) is 2.62. The Labute approximate surface area is 122 Å². The van der Waals surface area contributed by atoms with Crippen molar-refractivity contribution in [3.63, 3.8) is 0 Å². The van der Waals surface area contributed by atoms with E-state index in [-0.39, 0.29) is 16.7 Å². The van der Waals surface area contributed by atoms with Gasteiger partial charge in [-0.3, -0.25) is 15.0 Å². The zero-order valence-corrected chi connectivity index (χ0v) is 11.8. The second kappa shape index (κ2) is 5.31. The van der Waals surface area contributed by atoms with Gasteiger partial charge in [-0.05, 0) is 37.8 Å². The van der Waals surface area contributed by atoms with Gasteiger partial charge < -0.3 is 5.11 Å². The third kappa shape index (κ3) is 2.53. The summed E-state index contributed by atoms with van der Waals surface area (Å²) >= 11 is 5.97. The van der Waals surface area contributed by atoms with Gasteiger partial charge >= 0.3 is 0 Å². The highest BCUT2D eigenvalue weighted by Crippen LogP contribution is 2.38. The Balaban J connectivity index is 1.85. The van der Waals surface area contributed by atoms with E-state index in [9.17, 15) is 15.2 Å². The Morgan fingerprint density at radius 1 is 1.35 bits per heavy atom. The fourth-order valence-corrected chi connectivity index (χ4v) is 3.75. The Hall–Kier alpha value is -1.17. The molecular weight excluding hydrogens is 280 g/mol. The summed E-state index contributed by atoms with van der Waals surface area (Å²) in [5, 5.41) is 21.4. The number of benzene rings is 1. The van der Waals surface area contributed by atoms with Crippen molar-refractivity contribution in [2.75, 3.05) is 0 Å². The number of fused-ring (bicyclic) bond motifs is 2. The normalized spacial score (nSPS) is 29.6. The van der Waals surface area contributed by atoms with Crippen LogP contribution in [0.25, 0.3) is 0 Å². The van der Waals surface area contributed by atoms with Crippen LogP contribution in [0.1, 0.15) is 31.2 Å². The second-order valence-corrected chi connectivity index (χ2v) is 6.15. The maximum atomic E-state index is 11.1. The van der Waals surface area contributed by atoms with Gasteiger partial charge in [0.2, 0.25) is 0 Å². The minimum Gasteiger partial charge on any atom is -0.393 e. The third-order valence-electron chi connectivity index (χ3n) is 4.45. The van der Waals surface area contributed by atoms with Crippen molar-refractivity contribution in [3.05, 3.63) is 38.9 Å². The van der Waals surface area contributed by atoms with Crippen LogP contribution in [0.2, 0.25) is 5.02 Å². The van der Waals surface area contributed by atoms with Gasteiger partial charge in [0.25, 0.3) is 5.69 Å². The number of nitro groups is 1. The molecule has 0 spiro atoms. The van der Waals surface area contributed by atoms with Crippen molar-refractivity contribution in [1.82, 2.24) is 4.90 Å². The SMILES string of the molecule is O=[N+]([O-])c1ccc(Cl)cc1CN1C2CCC1CC(O)C2. The van der Waals surface area contributed by atoms with Crippen LogP contribution in [0, 0.1) is 10.1 Å². The molecule has 0 saturated carbocycles. The van der Waals surface area contributed by atoms with Crippen molar-refractivity contribution < 1.29 is 10.0 Å². The quantitative estimate of drug-likeness (QED) is 0.688. The predicted octanol–water partition coefficient (Wildman–Crippen LogP) is 2.74. The molecule has 1 N–H and O–H groups in total. The summed E-state index contributed by atoms with van der Waals surface area (Å²) in [7, 11) is 0. The molecule has 2 bridgehead atoms. The van der Waals surface area contributed by atoms with Crippen LogP contribution in [0.5, 0.6) is 0 Å². The molecule has 0 aromatic heterocycles. The molecule has 6 heteroatoms. The number of rotatable bonds is 3. The molecule has 1 aromatic rings. The van der Waals surface area contributed by atoms with Crippen LogP contribution in [0.3, 0.4) is 0 Å². The molecule has 3 rings (SSSR count). The Kier molecular flexibility index (Phi) is 3.67. The van der Waals surface area contributed by atoms with Gasteiger partial charge in [0.15, 0.2) is 0 Å². The van der Waals surface area contributed by atoms with Crippen molar-refractivity contribution in [3.8, 4) is 0 Å². The standard InChI is InChI=1S/C14H17ClN2O3/c15-10-1-4-14(17(19)20)9(5-10)8-16-11-2-3-12(16)7-13(18)6-11/h1,4-5,11-13,18H,2-3,6-8H2. The van der Waals surface area contributed by atoms with Crippen molar-refractivity contribution >= 4 is 17.3 Å². The number of piperidine rings is 1. The predicted molar refractivity (Wildman–Crippen MR) is 75.7 cm³/mol. The van der Waals surface area contributed by atoms with Gasteiger partial charge in [-0.15, -0.1) is 0 Å². The van der Waals surface area contributed by atoms with Crippen LogP contribution in [-0.4, -0.2) is 33.1 Å². The van der Waals surface area contributed by atoms with Crippen LogP contribution < -0.4 is 0 Å². The minimum atomic E-state index is -0.355. The lowest BCUT2D eigenvalue weighted by molar-refractivity contribution is -0.385. The molecule has 2 aliphatic rings. The Morgan fingerprint density at radius 2 is 2.00 bits per heavy atom. The van der Waals surface area contributed by atoms with Crippen LogP contribution in [0.15, 0.2) is 18.2 Å². The minimum absolute atomic E-state index is 0.125. The van der Waals surface area contributed by atoms with Crippen LogP contribution in [0.4, 0.5) is 5.69 Å². The summed E-state index contributed by atoms with van der Waals surface area (Å²) in [6.07, 6.45) is 3.44.